The van der Waals surface area contributed by atoms with Crippen molar-refractivity contribution in [3.05, 3.63) is 72.6 Å². The van der Waals surface area contributed by atoms with E-state index in [1.54, 1.807) is 0 Å². The molecule has 16 nitrogen and oxygen atoms in total. The Morgan fingerprint density at radius 1 is 0.629 bits per heavy atom. The number of imidazole rings is 2. The predicted molar refractivity (Wildman–Crippen MR) is 225 cm³/mol. The van der Waals surface area contributed by atoms with Crippen LogP contribution in [0.1, 0.15) is 75.1 Å². The molecular formula is C46H54N8O8. The van der Waals surface area contributed by atoms with Gasteiger partial charge in [0.25, 0.3) is 0 Å². The number of carbonyl (C=O) groups excluding carboxylic acids is 4. The van der Waals surface area contributed by atoms with E-state index in [-0.39, 0.29) is 47.8 Å². The lowest BCUT2D eigenvalue weighted by Crippen LogP contribution is -2.54. The summed E-state index contributed by atoms with van der Waals surface area (Å²) in [7, 11) is 2.62. The zero-order chi connectivity index (χ0) is 42.5. The summed E-state index contributed by atoms with van der Waals surface area (Å²) in [6, 6.07) is 15.1. The lowest BCUT2D eigenvalue weighted by Gasteiger charge is -2.35. The minimum absolute atomic E-state index is 0.101. The summed E-state index contributed by atoms with van der Waals surface area (Å²) in [5, 5.41) is 5.65. The predicted octanol–water partition coefficient (Wildman–Crippen LogP) is 5.76. The highest BCUT2D eigenvalue weighted by molar-refractivity contribution is 5.88. The van der Waals surface area contributed by atoms with Crippen molar-refractivity contribution in [2.75, 3.05) is 40.6 Å². The Kier molecular flexibility index (Phi) is 11.0. The number of ether oxygens (including phenoxy) is 4. The van der Waals surface area contributed by atoms with Gasteiger partial charge in [-0.05, 0) is 85.5 Å². The lowest BCUT2D eigenvalue weighted by molar-refractivity contribution is -0.139. The number of alkyl carbamates (subject to hydrolysis) is 2. The largest absolute Gasteiger partial charge is 0.453 e. The molecule has 2 saturated carbocycles. The number of fused-ring (bicyclic) bond motifs is 2. The molecular weight excluding hydrogens is 793 g/mol. The van der Waals surface area contributed by atoms with Gasteiger partial charge < -0.3 is 49.3 Å². The van der Waals surface area contributed by atoms with Crippen molar-refractivity contribution >= 4 is 24.0 Å². The number of benzene rings is 2. The number of hydrogen-bond donors (Lipinski definition) is 4. The number of H-pyrrole nitrogens is 2. The number of rotatable bonds is 11. The number of likely N-dealkylation sites (tertiary alicyclic amines) is 2. The molecule has 16 heteroatoms. The number of amides is 4. The Balaban J connectivity index is 0.804. The first-order chi connectivity index (χ1) is 30.3. The second kappa shape index (κ2) is 16.9. The van der Waals surface area contributed by atoms with Crippen LogP contribution in [0.2, 0.25) is 0 Å². The summed E-state index contributed by atoms with van der Waals surface area (Å²) in [6.45, 7) is 2.17. The first-order valence-corrected chi connectivity index (χ1v) is 22.1. The molecule has 4 aromatic rings. The zero-order valence-corrected chi connectivity index (χ0v) is 35.1. The molecule has 10 rings (SSSR count). The summed E-state index contributed by atoms with van der Waals surface area (Å²) in [4.78, 5) is 73.6. The molecule has 6 heterocycles. The number of nitrogens with one attached hydrogen (secondary N) is 4. The second-order valence-corrected chi connectivity index (χ2v) is 17.8. The van der Waals surface area contributed by atoms with Crippen molar-refractivity contribution in [1.29, 1.82) is 0 Å². The highest BCUT2D eigenvalue weighted by Gasteiger charge is 2.58. The van der Waals surface area contributed by atoms with E-state index >= 15 is 0 Å². The number of hydrogen-bond acceptors (Lipinski definition) is 10. The molecule has 1 unspecified atom stereocenters. The highest BCUT2D eigenvalue weighted by Crippen LogP contribution is 2.55. The van der Waals surface area contributed by atoms with E-state index in [0.29, 0.717) is 38.3 Å². The lowest BCUT2D eigenvalue weighted by atomic mass is 9.92. The van der Waals surface area contributed by atoms with Crippen LogP contribution in [0.5, 0.6) is 0 Å². The molecule has 4 N–H and O–H groups in total. The van der Waals surface area contributed by atoms with Crippen LogP contribution in [0.4, 0.5) is 9.59 Å². The Labute approximate surface area is 359 Å². The van der Waals surface area contributed by atoms with Crippen LogP contribution in [0.15, 0.2) is 60.9 Å². The van der Waals surface area contributed by atoms with Gasteiger partial charge in [-0.25, -0.2) is 19.6 Å². The van der Waals surface area contributed by atoms with Gasteiger partial charge in [0, 0.05) is 37.1 Å². The number of aromatic nitrogens is 4. The van der Waals surface area contributed by atoms with Crippen molar-refractivity contribution in [2.24, 2.45) is 23.7 Å². The third kappa shape index (κ3) is 7.82. The zero-order valence-electron chi connectivity index (χ0n) is 35.1. The molecule has 62 heavy (non-hydrogen) atoms. The quantitative estimate of drug-likeness (QED) is 0.144. The molecule has 2 aromatic heterocycles. The van der Waals surface area contributed by atoms with E-state index in [4.69, 9.17) is 28.9 Å². The summed E-state index contributed by atoms with van der Waals surface area (Å²) in [6.07, 6.45) is 9.30. The normalized spacial score (nSPS) is 28.3. The van der Waals surface area contributed by atoms with Gasteiger partial charge in [0.2, 0.25) is 11.8 Å². The third-order valence-corrected chi connectivity index (χ3v) is 14.0. The van der Waals surface area contributed by atoms with Crippen LogP contribution < -0.4 is 10.6 Å². The summed E-state index contributed by atoms with van der Waals surface area (Å²) < 4.78 is 21.2. The Morgan fingerprint density at radius 2 is 1.03 bits per heavy atom. The number of carbonyl (C=O) groups is 4. The van der Waals surface area contributed by atoms with Crippen LogP contribution in [-0.4, -0.2) is 119 Å². The maximum absolute atomic E-state index is 14.2. The van der Waals surface area contributed by atoms with Crippen molar-refractivity contribution < 1.29 is 38.1 Å². The van der Waals surface area contributed by atoms with Crippen LogP contribution >= 0.6 is 0 Å². The van der Waals surface area contributed by atoms with Crippen molar-refractivity contribution in [2.45, 2.75) is 87.6 Å². The fraction of sp³-hybridized carbons (Fsp3) is 0.522. The standard InChI is InChI=1S/C46H54N8O8/c1-59-45(57)51-39(29-5-3-15-61-23-29)43(55)53-35-17-31(35)19-37(53)41-47-21-33(49-41)27-11-7-25(8-12-27)26-9-13-28(14-10-26)34-22-48-42(50-34)38-20-32-18-36(32)54(38)44(56)40(52-46(58)60-2)30-6-4-16-62-24-30/h7-14,21-22,29-32,35-40H,3-6,15-20,23-24H2,1-2H3,(H,47,49)(H,48,50)(H,51,57)(H,52,58)/t29-,30+,31-,32-,35-,36-,37+,38+,39?,40-/m1/s1. The Hall–Kier alpha value is -5.74. The number of piperidine rings is 2. The van der Waals surface area contributed by atoms with Crippen molar-refractivity contribution in [1.82, 2.24) is 40.4 Å². The molecule has 0 radical (unpaired) electrons. The number of aromatic amines is 2. The van der Waals surface area contributed by atoms with Gasteiger partial charge >= 0.3 is 12.2 Å². The first kappa shape index (κ1) is 40.3. The fourth-order valence-electron chi connectivity index (χ4n) is 10.5. The van der Waals surface area contributed by atoms with E-state index in [1.807, 2.05) is 22.2 Å². The molecule has 2 aromatic carbocycles. The van der Waals surface area contributed by atoms with E-state index in [2.05, 4.69) is 69.1 Å². The van der Waals surface area contributed by atoms with Crippen LogP contribution in [0.3, 0.4) is 0 Å². The van der Waals surface area contributed by atoms with E-state index in [0.717, 1.165) is 96.7 Å². The van der Waals surface area contributed by atoms with Crippen LogP contribution in [0.25, 0.3) is 33.6 Å². The third-order valence-electron chi connectivity index (χ3n) is 14.0. The molecule has 2 aliphatic carbocycles. The number of methoxy groups -OCH3 is 2. The Morgan fingerprint density at radius 3 is 1.40 bits per heavy atom. The van der Waals surface area contributed by atoms with Crippen molar-refractivity contribution in [3.8, 4) is 33.6 Å². The summed E-state index contributed by atoms with van der Waals surface area (Å²) in [5.74, 6) is 1.91. The maximum Gasteiger partial charge on any atom is 0.407 e. The molecule has 4 saturated heterocycles. The average molecular weight is 847 g/mol. The fourth-order valence-corrected chi connectivity index (χ4v) is 10.5. The average Bonchev–Trinajstić information content (AvgIpc) is 3.90. The molecule has 0 bridgehead atoms. The molecule has 4 amide bonds. The summed E-state index contributed by atoms with van der Waals surface area (Å²) in [5.41, 5.74) is 5.83. The van der Waals surface area contributed by atoms with Crippen LogP contribution in [0, 0.1) is 23.7 Å². The molecule has 6 fully saturated rings. The smallest absolute Gasteiger partial charge is 0.407 e. The molecule has 6 aliphatic rings. The molecule has 0 spiro atoms. The van der Waals surface area contributed by atoms with E-state index in [9.17, 15) is 19.2 Å². The topological polar surface area (TPSA) is 193 Å². The van der Waals surface area contributed by atoms with Gasteiger partial charge in [0.15, 0.2) is 0 Å². The van der Waals surface area contributed by atoms with Gasteiger partial charge in [-0.15, -0.1) is 0 Å². The van der Waals surface area contributed by atoms with Crippen molar-refractivity contribution in [3.63, 3.8) is 0 Å². The molecule has 10 atom stereocenters. The molecule has 4 aliphatic heterocycles. The minimum atomic E-state index is -0.720. The SMILES string of the molecule is COC(=O)NC(C(=O)N1[C@@H]2C[C@@H]2C[C@H]1c1ncc(-c2ccc(-c3ccc(-c4cnc([C@@H]5C[C@H]6C[C@H]6N5C(=O)[C@H](NC(=O)OC)[C@H]5CCCOC5)[nH]4)cc3)cc2)[nH]1)[C@@H]1CCCOC1. The van der Waals surface area contributed by atoms with Gasteiger partial charge in [-0.2, -0.15) is 0 Å². The van der Waals surface area contributed by atoms with Crippen LogP contribution in [-0.2, 0) is 28.5 Å². The number of nitrogens with zero attached hydrogens (tertiary/aromatic N) is 4. The van der Waals surface area contributed by atoms with E-state index in [1.165, 1.54) is 14.2 Å². The monoisotopic (exact) mass is 846 g/mol. The van der Waals surface area contributed by atoms with Gasteiger partial charge in [0.1, 0.15) is 23.7 Å². The summed E-state index contributed by atoms with van der Waals surface area (Å²) >= 11 is 0. The van der Waals surface area contributed by atoms with E-state index < -0.39 is 24.3 Å². The Bertz CT molecular complexity index is 2120. The first-order valence-electron chi connectivity index (χ1n) is 22.1. The van der Waals surface area contributed by atoms with Gasteiger partial charge in [-0.3, -0.25) is 9.59 Å². The van der Waals surface area contributed by atoms with Gasteiger partial charge in [0.05, 0.1) is 63.3 Å². The molecule has 326 valence electrons. The highest BCUT2D eigenvalue weighted by atomic mass is 16.5. The minimum Gasteiger partial charge on any atom is -0.453 e. The second-order valence-electron chi connectivity index (χ2n) is 17.8. The van der Waals surface area contributed by atoms with Gasteiger partial charge in [-0.1, -0.05) is 48.5 Å². The maximum atomic E-state index is 14.2.